The van der Waals surface area contributed by atoms with E-state index in [2.05, 4.69) is 17.6 Å². The summed E-state index contributed by atoms with van der Waals surface area (Å²) in [6.45, 7) is 5.58. The molecule has 1 unspecified atom stereocenters. The number of rotatable bonds is 0. The molecule has 2 N–H and O–H groups in total. The topological polar surface area (TPSA) is 24.1 Å². The van der Waals surface area contributed by atoms with Gasteiger partial charge in [0.25, 0.3) is 0 Å². The van der Waals surface area contributed by atoms with Crippen molar-refractivity contribution in [1.29, 1.82) is 0 Å². The summed E-state index contributed by atoms with van der Waals surface area (Å²) in [5.74, 6) is 0. The average Bonchev–Trinajstić information content (AvgIpc) is 2.35. The van der Waals surface area contributed by atoms with Gasteiger partial charge in [-0.1, -0.05) is 5.57 Å². The van der Waals surface area contributed by atoms with E-state index in [9.17, 15) is 0 Å². The van der Waals surface area contributed by atoms with Gasteiger partial charge in [-0.15, -0.1) is 0 Å². The van der Waals surface area contributed by atoms with Gasteiger partial charge >= 0.3 is 0 Å². The molecule has 0 amide bonds. The highest BCUT2D eigenvalue weighted by molar-refractivity contribution is 5.30. The second-order valence-electron chi connectivity index (χ2n) is 2.87. The zero-order chi connectivity index (χ0) is 6.27. The molecule has 2 nitrogen and oxygen atoms in total. The number of nitrogens with one attached hydrogen (secondary N) is 2. The molecule has 0 saturated carbocycles. The highest BCUT2D eigenvalue weighted by atomic mass is 15.1. The Morgan fingerprint density at radius 2 is 2.33 bits per heavy atom. The summed E-state index contributed by atoms with van der Waals surface area (Å²) in [4.78, 5) is 0. The maximum atomic E-state index is 3.43. The second-order valence-corrected chi connectivity index (χ2v) is 2.87. The van der Waals surface area contributed by atoms with Gasteiger partial charge in [-0.3, -0.25) is 0 Å². The van der Waals surface area contributed by atoms with Gasteiger partial charge in [-0.2, -0.15) is 0 Å². The molecular formula is C7H12N2. The third-order valence-electron chi connectivity index (χ3n) is 2.25. The summed E-state index contributed by atoms with van der Waals surface area (Å²) >= 11 is 0. The predicted octanol–water partition coefficient (Wildman–Crippen LogP) is -0.122. The van der Waals surface area contributed by atoms with Crippen molar-refractivity contribution in [2.75, 3.05) is 19.6 Å². The van der Waals surface area contributed by atoms with Crippen LogP contribution in [-0.2, 0) is 0 Å². The van der Waals surface area contributed by atoms with Crippen LogP contribution < -0.4 is 10.6 Å². The minimum Gasteiger partial charge on any atom is -0.311 e. The largest absolute Gasteiger partial charge is 0.311 e. The molecule has 2 aliphatic rings. The lowest BCUT2D eigenvalue weighted by atomic mass is 10.1. The van der Waals surface area contributed by atoms with Crippen molar-refractivity contribution >= 4 is 0 Å². The van der Waals surface area contributed by atoms with E-state index in [4.69, 9.17) is 0 Å². The average molecular weight is 124 g/mol. The summed E-state index contributed by atoms with van der Waals surface area (Å²) in [5.41, 5.74) is 3.15. The number of hydrogen-bond donors (Lipinski definition) is 2. The Balaban J connectivity index is 2.28. The predicted molar refractivity (Wildman–Crippen MR) is 37.4 cm³/mol. The van der Waals surface area contributed by atoms with Gasteiger partial charge in [0.1, 0.15) is 0 Å². The van der Waals surface area contributed by atoms with Crippen molar-refractivity contribution in [3.8, 4) is 0 Å². The minimum absolute atomic E-state index is 0.671. The molecule has 0 spiro atoms. The van der Waals surface area contributed by atoms with Crippen LogP contribution in [0.4, 0.5) is 0 Å². The first-order chi connectivity index (χ1) is 4.38. The molecule has 2 aliphatic heterocycles. The summed E-state index contributed by atoms with van der Waals surface area (Å²) in [5, 5.41) is 6.77. The Kier molecular flexibility index (Phi) is 1.10. The zero-order valence-electron chi connectivity index (χ0n) is 5.70. The van der Waals surface area contributed by atoms with Crippen LogP contribution in [-0.4, -0.2) is 25.7 Å². The van der Waals surface area contributed by atoms with Gasteiger partial charge in [0.05, 0.1) is 0 Å². The van der Waals surface area contributed by atoms with E-state index in [1.807, 2.05) is 0 Å². The van der Waals surface area contributed by atoms with Crippen LogP contribution in [0.3, 0.4) is 0 Å². The summed E-state index contributed by atoms with van der Waals surface area (Å²) < 4.78 is 0. The van der Waals surface area contributed by atoms with E-state index in [-0.39, 0.29) is 0 Å². The highest BCUT2D eigenvalue weighted by Crippen LogP contribution is 2.17. The Labute approximate surface area is 55.3 Å². The Morgan fingerprint density at radius 1 is 1.44 bits per heavy atom. The first-order valence-corrected chi connectivity index (χ1v) is 3.50. The van der Waals surface area contributed by atoms with Crippen LogP contribution in [0.5, 0.6) is 0 Å². The molecule has 9 heavy (non-hydrogen) atoms. The molecule has 50 valence electrons. The lowest BCUT2D eigenvalue weighted by Crippen LogP contribution is -2.27. The molecule has 0 radical (unpaired) electrons. The van der Waals surface area contributed by atoms with E-state index in [1.54, 1.807) is 11.1 Å². The van der Waals surface area contributed by atoms with Gasteiger partial charge in [0.2, 0.25) is 0 Å². The number of hydrogen-bond acceptors (Lipinski definition) is 2. The molecule has 1 atom stereocenters. The monoisotopic (exact) mass is 124 g/mol. The smallest absolute Gasteiger partial charge is 0.0424 e. The van der Waals surface area contributed by atoms with Crippen LogP contribution in [0.15, 0.2) is 11.1 Å². The molecule has 1 fully saturated rings. The molecule has 2 heterocycles. The minimum atomic E-state index is 0.671. The van der Waals surface area contributed by atoms with E-state index in [1.165, 1.54) is 0 Å². The van der Waals surface area contributed by atoms with E-state index >= 15 is 0 Å². The molecule has 0 aliphatic carbocycles. The van der Waals surface area contributed by atoms with Crippen molar-refractivity contribution in [3.05, 3.63) is 11.1 Å². The van der Waals surface area contributed by atoms with Crippen molar-refractivity contribution in [2.45, 2.75) is 13.0 Å². The summed E-state index contributed by atoms with van der Waals surface area (Å²) in [6, 6.07) is 0.671. The molecule has 0 aromatic carbocycles. The summed E-state index contributed by atoms with van der Waals surface area (Å²) in [7, 11) is 0. The van der Waals surface area contributed by atoms with Crippen LogP contribution in [0.2, 0.25) is 0 Å². The Hall–Kier alpha value is -0.340. The third kappa shape index (κ3) is 0.705. The Morgan fingerprint density at radius 3 is 3.11 bits per heavy atom. The molecule has 1 saturated heterocycles. The van der Waals surface area contributed by atoms with Gasteiger partial charge < -0.3 is 10.6 Å². The molecule has 0 bridgehead atoms. The number of fused-ring (bicyclic) bond motifs is 1. The van der Waals surface area contributed by atoms with Crippen molar-refractivity contribution < 1.29 is 0 Å². The highest BCUT2D eigenvalue weighted by Gasteiger charge is 2.26. The van der Waals surface area contributed by atoms with Crippen LogP contribution in [0.1, 0.15) is 6.92 Å². The van der Waals surface area contributed by atoms with Gasteiger partial charge in [0, 0.05) is 25.7 Å². The van der Waals surface area contributed by atoms with Crippen LogP contribution in [0.25, 0.3) is 0 Å². The van der Waals surface area contributed by atoms with Crippen molar-refractivity contribution in [2.24, 2.45) is 0 Å². The second kappa shape index (κ2) is 1.82. The standard InChI is InChI=1S/C7H12N2/c1-5-2-9-7-4-8-3-6(5)7/h7-9H,2-4H2,1H3. The molecule has 2 rings (SSSR count). The van der Waals surface area contributed by atoms with Gasteiger partial charge in [-0.25, -0.2) is 0 Å². The zero-order valence-corrected chi connectivity index (χ0v) is 5.70. The fourth-order valence-corrected chi connectivity index (χ4v) is 1.63. The Bertz CT molecular complexity index is 160. The first kappa shape index (κ1) is 5.45. The quantitative estimate of drug-likeness (QED) is 0.440. The van der Waals surface area contributed by atoms with E-state index < -0.39 is 0 Å². The molecule has 2 heteroatoms. The lowest BCUT2D eigenvalue weighted by molar-refractivity contribution is 0.659. The molecule has 0 aromatic rings. The summed E-state index contributed by atoms with van der Waals surface area (Å²) in [6.07, 6.45) is 0. The first-order valence-electron chi connectivity index (χ1n) is 3.50. The van der Waals surface area contributed by atoms with Crippen LogP contribution >= 0.6 is 0 Å². The fourth-order valence-electron chi connectivity index (χ4n) is 1.63. The van der Waals surface area contributed by atoms with Gasteiger partial charge in [0.15, 0.2) is 0 Å². The van der Waals surface area contributed by atoms with E-state index in [0.29, 0.717) is 6.04 Å². The van der Waals surface area contributed by atoms with E-state index in [0.717, 1.165) is 19.6 Å². The fraction of sp³-hybridized carbons (Fsp3) is 0.714. The maximum Gasteiger partial charge on any atom is 0.0424 e. The van der Waals surface area contributed by atoms with Gasteiger partial charge in [-0.05, 0) is 12.5 Å². The van der Waals surface area contributed by atoms with Crippen molar-refractivity contribution in [1.82, 2.24) is 10.6 Å². The lowest BCUT2D eigenvalue weighted by Gasteiger charge is -2.01. The third-order valence-corrected chi connectivity index (χ3v) is 2.25. The molecular weight excluding hydrogens is 112 g/mol. The maximum absolute atomic E-state index is 3.43. The van der Waals surface area contributed by atoms with Crippen molar-refractivity contribution in [3.63, 3.8) is 0 Å². The normalized spacial score (nSPS) is 33.7. The van der Waals surface area contributed by atoms with Crippen LogP contribution in [0, 0.1) is 0 Å². The molecule has 0 aromatic heterocycles. The SMILES string of the molecule is CC1=C2CNCC2NC1.